The van der Waals surface area contributed by atoms with E-state index >= 15 is 0 Å². The second kappa shape index (κ2) is 12.2. The highest BCUT2D eigenvalue weighted by atomic mass is 32.1. The molecule has 2 amide bonds. The maximum atomic E-state index is 13.3. The fourth-order valence-corrected chi connectivity index (χ4v) is 6.79. The molecule has 2 aliphatic rings. The Hall–Kier alpha value is -2.77. The van der Waals surface area contributed by atoms with Crippen LogP contribution in [0.1, 0.15) is 73.5 Å². The summed E-state index contributed by atoms with van der Waals surface area (Å²) in [5, 5.41) is 1.04. The van der Waals surface area contributed by atoms with Crippen LogP contribution in [0.4, 0.5) is 5.69 Å². The summed E-state index contributed by atoms with van der Waals surface area (Å²) < 4.78 is 0. The van der Waals surface area contributed by atoms with Crippen LogP contribution >= 0.6 is 11.3 Å². The van der Waals surface area contributed by atoms with E-state index in [0.717, 1.165) is 72.8 Å². The number of likely N-dealkylation sites (tertiary alicyclic amines) is 1. The Bertz CT molecular complexity index is 1180. The van der Waals surface area contributed by atoms with Gasteiger partial charge in [-0.2, -0.15) is 0 Å². The molecule has 0 unspecified atom stereocenters. The molecular weight excluding hydrogens is 480 g/mol. The van der Waals surface area contributed by atoms with Crippen molar-refractivity contribution in [3.63, 3.8) is 0 Å². The van der Waals surface area contributed by atoms with E-state index in [4.69, 9.17) is 0 Å². The summed E-state index contributed by atoms with van der Waals surface area (Å²) in [6, 6.07) is 14.8. The summed E-state index contributed by atoms with van der Waals surface area (Å²) in [5.74, 6) is 0.256. The summed E-state index contributed by atoms with van der Waals surface area (Å²) in [6.45, 7) is 5.95. The summed E-state index contributed by atoms with van der Waals surface area (Å²) in [7, 11) is 0. The van der Waals surface area contributed by atoms with Crippen molar-refractivity contribution in [2.45, 2.75) is 70.9 Å². The van der Waals surface area contributed by atoms with Gasteiger partial charge < -0.3 is 9.80 Å². The van der Waals surface area contributed by atoms with Crippen LogP contribution in [0.2, 0.25) is 0 Å². The standard InChI is InChI=1S/C30H38N4O2S/c1-23(35)34-18-9-5-3-2-4-8-17-33(22-25-11-6-7-13-27(25)34)26-14-19-32(20-15-26)30(36)28-21-24-12-10-16-31-29(24)37-28/h6-7,10-13,16,21,26H,2-5,8-9,14-15,17-20,22H2,1H3. The highest BCUT2D eigenvalue weighted by molar-refractivity contribution is 7.20. The molecule has 0 radical (unpaired) electrons. The number of carbonyl (C=O) groups excluding carboxylic acids is 2. The number of hydrogen-bond acceptors (Lipinski definition) is 5. The van der Waals surface area contributed by atoms with E-state index in [1.165, 1.54) is 49.0 Å². The van der Waals surface area contributed by atoms with Crippen LogP contribution in [0.3, 0.4) is 0 Å². The lowest BCUT2D eigenvalue weighted by Crippen LogP contribution is -2.46. The van der Waals surface area contributed by atoms with Gasteiger partial charge in [0.1, 0.15) is 4.83 Å². The van der Waals surface area contributed by atoms with Crippen molar-refractivity contribution in [3.8, 4) is 0 Å². The minimum Gasteiger partial charge on any atom is -0.338 e. The van der Waals surface area contributed by atoms with Crippen LogP contribution in [0.15, 0.2) is 48.7 Å². The molecule has 3 aromatic rings. The Morgan fingerprint density at radius 2 is 1.62 bits per heavy atom. The van der Waals surface area contributed by atoms with E-state index in [9.17, 15) is 9.59 Å². The van der Waals surface area contributed by atoms with Crippen molar-refractivity contribution in [2.75, 3.05) is 31.1 Å². The van der Waals surface area contributed by atoms with Gasteiger partial charge in [-0.3, -0.25) is 14.5 Å². The van der Waals surface area contributed by atoms with Crippen LogP contribution in [-0.4, -0.2) is 58.8 Å². The highest BCUT2D eigenvalue weighted by Crippen LogP contribution is 2.29. The van der Waals surface area contributed by atoms with Gasteiger partial charge in [0.25, 0.3) is 5.91 Å². The molecule has 5 rings (SSSR count). The molecule has 1 saturated heterocycles. The van der Waals surface area contributed by atoms with Gasteiger partial charge in [-0.15, -0.1) is 11.3 Å². The van der Waals surface area contributed by atoms with Gasteiger partial charge in [0.15, 0.2) is 0 Å². The van der Waals surface area contributed by atoms with E-state index in [2.05, 4.69) is 28.1 Å². The number of carbonyl (C=O) groups is 2. The van der Waals surface area contributed by atoms with Crippen molar-refractivity contribution < 1.29 is 9.59 Å². The third-order valence-electron chi connectivity index (χ3n) is 7.89. The smallest absolute Gasteiger partial charge is 0.264 e. The van der Waals surface area contributed by atoms with Crippen molar-refractivity contribution in [2.24, 2.45) is 0 Å². The number of piperidine rings is 1. The number of anilines is 1. The van der Waals surface area contributed by atoms with Gasteiger partial charge in [0, 0.05) is 56.4 Å². The van der Waals surface area contributed by atoms with E-state index < -0.39 is 0 Å². The molecule has 37 heavy (non-hydrogen) atoms. The molecule has 7 heteroatoms. The number of fused-ring (bicyclic) bond motifs is 2. The lowest BCUT2D eigenvalue weighted by atomic mass is 10.0. The number of benzene rings is 1. The zero-order chi connectivity index (χ0) is 25.6. The van der Waals surface area contributed by atoms with Gasteiger partial charge in [0.2, 0.25) is 5.91 Å². The number of thiophene rings is 1. The first-order valence-corrected chi connectivity index (χ1v) is 14.7. The Balaban J connectivity index is 1.30. The molecule has 0 N–H and O–H groups in total. The molecule has 2 aromatic heterocycles. The van der Waals surface area contributed by atoms with Crippen molar-refractivity contribution in [1.82, 2.24) is 14.8 Å². The molecule has 196 valence electrons. The fourth-order valence-electron chi connectivity index (χ4n) is 5.83. The SMILES string of the molecule is CC(=O)N1CCCCCCCCN(C2CCN(C(=O)c3cc4cccnc4s3)CC2)Cc2ccccc21. The molecule has 0 saturated carbocycles. The Morgan fingerprint density at radius 1 is 0.892 bits per heavy atom. The molecule has 6 nitrogen and oxygen atoms in total. The number of amides is 2. The number of hydrogen-bond donors (Lipinski definition) is 0. The van der Waals surface area contributed by atoms with Crippen molar-refractivity contribution in [1.29, 1.82) is 0 Å². The Kier molecular flexibility index (Phi) is 8.52. The molecule has 0 atom stereocenters. The number of pyridine rings is 1. The molecule has 0 spiro atoms. The maximum absolute atomic E-state index is 13.3. The normalized spacial score (nSPS) is 19.1. The van der Waals surface area contributed by atoms with Crippen molar-refractivity contribution >= 4 is 39.1 Å². The number of aromatic nitrogens is 1. The summed E-state index contributed by atoms with van der Waals surface area (Å²) in [5.41, 5.74) is 2.29. The first kappa shape index (κ1) is 25.9. The first-order chi connectivity index (χ1) is 18.1. The van der Waals surface area contributed by atoms with Crippen LogP contribution < -0.4 is 4.90 Å². The number of para-hydroxylation sites is 1. The van der Waals surface area contributed by atoms with Gasteiger partial charge >= 0.3 is 0 Å². The summed E-state index contributed by atoms with van der Waals surface area (Å²) in [6.07, 6.45) is 10.9. The minimum atomic E-state index is 0.122. The van der Waals surface area contributed by atoms with Crippen LogP contribution in [-0.2, 0) is 11.3 Å². The zero-order valence-corrected chi connectivity index (χ0v) is 22.7. The minimum absolute atomic E-state index is 0.122. The van der Waals surface area contributed by atoms with E-state index in [1.54, 1.807) is 13.1 Å². The van der Waals surface area contributed by atoms with Crippen LogP contribution in [0.25, 0.3) is 10.2 Å². The van der Waals surface area contributed by atoms with E-state index in [0.29, 0.717) is 6.04 Å². The topological polar surface area (TPSA) is 56.8 Å². The van der Waals surface area contributed by atoms with Crippen LogP contribution in [0, 0.1) is 0 Å². The fraction of sp³-hybridized carbons (Fsp3) is 0.500. The monoisotopic (exact) mass is 518 g/mol. The average Bonchev–Trinajstić information content (AvgIpc) is 3.36. The quantitative estimate of drug-likeness (QED) is 0.411. The highest BCUT2D eigenvalue weighted by Gasteiger charge is 2.29. The van der Waals surface area contributed by atoms with Crippen LogP contribution in [0.5, 0.6) is 0 Å². The summed E-state index contributed by atoms with van der Waals surface area (Å²) >= 11 is 1.49. The van der Waals surface area contributed by atoms with Gasteiger partial charge in [-0.05, 0) is 56.0 Å². The predicted molar refractivity (Wildman–Crippen MR) is 151 cm³/mol. The average molecular weight is 519 g/mol. The molecule has 0 aliphatic carbocycles. The van der Waals surface area contributed by atoms with Gasteiger partial charge in [-0.1, -0.05) is 49.9 Å². The molecule has 2 aliphatic heterocycles. The summed E-state index contributed by atoms with van der Waals surface area (Å²) in [4.78, 5) is 38.6. The molecule has 1 fully saturated rings. The van der Waals surface area contributed by atoms with Gasteiger partial charge in [-0.25, -0.2) is 4.98 Å². The second-order valence-corrected chi connectivity index (χ2v) is 11.5. The lowest BCUT2D eigenvalue weighted by molar-refractivity contribution is -0.116. The lowest BCUT2D eigenvalue weighted by Gasteiger charge is -2.39. The molecule has 0 bridgehead atoms. The van der Waals surface area contributed by atoms with E-state index in [1.807, 2.05) is 34.1 Å². The largest absolute Gasteiger partial charge is 0.338 e. The van der Waals surface area contributed by atoms with Crippen molar-refractivity contribution in [3.05, 3.63) is 59.1 Å². The van der Waals surface area contributed by atoms with E-state index in [-0.39, 0.29) is 11.8 Å². The molecular formula is C30H38N4O2S. The zero-order valence-electron chi connectivity index (χ0n) is 21.9. The number of nitrogens with zero attached hydrogens (tertiary/aromatic N) is 4. The third-order valence-corrected chi connectivity index (χ3v) is 8.93. The predicted octanol–water partition coefficient (Wildman–Crippen LogP) is 6.11. The second-order valence-electron chi connectivity index (χ2n) is 10.4. The number of rotatable bonds is 2. The first-order valence-electron chi connectivity index (χ1n) is 13.8. The molecule has 4 heterocycles. The van der Waals surface area contributed by atoms with Gasteiger partial charge in [0.05, 0.1) is 4.88 Å². The Labute approximate surface area is 224 Å². The third kappa shape index (κ3) is 6.21. The Morgan fingerprint density at radius 3 is 2.38 bits per heavy atom. The molecule has 1 aromatic carbocycles. The maximum Gasteiger partial charge on any atom is 0.264 e.